The molecule has 5 nitrogen and oxygen atoms in total. The van der Waals surface area contributed by atoms with Gasteiger partial charge in [0, 0.05) is 17.8 Å². The fourth-order valence-electron chi connectivity index (χ4n) is 4.33. The summed E-state index contributed by atoms with van der Waals surface area (Å²) in [7, 11) is 1.62. The van der Waals surface area contributed by atoms with Gasteiger partial charge in [0.1, 0.15) is 5.75 Å². The van der Waals surface area contributed by atoms with Crippen molar-refractivity contribution in [2.75, 3.05) is 18.6 Å². The van der Waals surface area contributed by atoms with Gasteiger partial charge in [-0.05, 0) is 74.1 Å². The molecule has 5 heteroatoms. The molecule has 1 unspecified atom stereocenters. The number of nitrogens with zero attached hydrogens (tertiary/aromatic N) is 2. The highest BCUT2D eigenvalue weighted by atomic mass is 16.5. The molecule has 0 bridgehead atoms. The first-order valence-corrected chi connectivity index (χ1v) is 10.2. The Labute approximate surface area is 173 Å². The van der Waals surface area contributed by atoms with Crippen molar-refractivity contribution in [1.29, 1.82) is 0 Å². The normalized spacial score (nSPS) is 17.8. The maximum atomic E-state index is 12.1. The molecule has 1 amide bonds. The highest BCUT2D eigenvalue weighted by Gasteiger charge is 2.35. The summed E-state index contributed by atoms with van der Waals surface area (Å²) in [6.07, 6.45) is 3.12. The van der Waals surface area contributed by atoms with Crippen molar-refractivity contribution < 1.29 is 9.53 Å². The number of hydrogen-bond acceptors (Lipinski definition) is 4. The van der Waals surface area contributed by atoms with Crippen LogP contribution in [0, 0.1) is 0 Å². The Morgan fingerprint density at radius 3 is 2.66 bits per heavy atom. The molecule has 0 aliphatic carbocycles. The average molecular weight is 394 g/mol. The second-order valence-corrected chi connectivity index (χ2v) is 8.30. The Morgan fingerprint density at radius 1 is 1.28 bits per heavy atom. The van der Waals surface area contributed by atoms with Crippen LogP contribution in [0.2, 0.25) is 0 Å². The zero-order valence-electron chi connectivity index (χ0n) is 18.0. The summed E-state index contributed by atoms with van der Waals surface area (Å²) in [6.45, 7) is 10.1. The Balaban J connectivity index is 1.65. The van der Waals surface area contributed by atoms with Crippen molar-refractivity contribution in [3.63, 3.8) is 0 Å². The molecule has 0 spiro atoms. The first kappa shape index (κ1) is 20.9. The van der Waals surface area contributed by atoms with E-state index in [0.717, 1.165) is 29.8 Å². The van der Waals surface area contributed by atoms with Crippen LogP contribution in [0.25, 0.3) is 0 Å². The average Bonchev–Trinajstić information content (AvgIpc) is 2.68. The minimum absolute atomic E-state index is 0.142. The number of benzene rings is 2. The molecular weight excluding hydrogens is 362 g/mol. The minimum atomic E-state index is -0.142. The largest absolute Gasteiger partial charge is 0.497 e. The summed E-state index contributed by atoms with van der Waals surface area (Å²) < 4.78 is 5.13. The third kappa shape index (κ3) is 4.78. The van der Waals surface area contributed by atoms with E-state index < -0.39 is 0 Å². The van der Waals surface area contributed by atoms with E-state index >= 15 is 0 Å². The summed E-state index contributed by atoms with van der Waals surface area (Å²) in [6, 6.07) is 13.9. The van der Waals surface area contributed by atoms with Crippen LogP contribution < -0.4 is 15.1 Å². The molecular formula is C24H31N3O2. The van der Waals surface area contributed by atoms with E-state index in [-0.39, 0.29) is 17.9 Å². The van der Waals surface area contributed by atoms with Crippen LogP contribution in [0.5, 0.6) is 5.75 Å². The van der Waals surface area contributed by atoms with Gasteiger partial charge in [-0.1, -0.05) is 25.1 Å². The van der Waals surface area contributed by atoms with Crippen molar-refractivity contribution in [2.45, 2.75) is 52.0 Å². The smallest absolute Gasteiger partial charge is 0.244 e. The number of ether oxygens (including phenoxy) is 1. The number of anilines is 1. The van der Waals surface area contributed by atoms with Gasteiger partial charge in [-0.15, -0.1) is 0 Å². The molecule has 2 aromatic carbocycles. The van der Waals surface area contributed by atoms with E-state index in [1.54, 1.807) is 13.3 Å². The van der Waals surface area contributed by atoms with Crippen LogP contribution in [0.4, 0.5) is 5.69 Å². The Kier molecular flexibility index (Phi) is 6.26. The third-order valence-electron chi connectivity index (χ3n) is 5.65. The van der Waals surface area contributed by atoms with Crippen LogP contribution in [0.15, 0.2) is 47.6 Å². The molecule has 1 aliphatic heterocycles. The van der Waals surface area contributed by atoms with Gasteiger partial charge >= 0.3 is 0 Å². The second-order valence-electron chi connectivity index (χ2n) is 8.30. The Hall–Kier alpha value is -2.82. The molecule has 0 aromatic heterocycles. The first-order valence-electron chi connectivity index (χ1n) is 10.2. The quantitative estimate of drug-likeness (QED) is 0.581. The molecule has 1 N–H and O–H groups in total. The van der Waals surface area contributed by atoms with Crippen molar-refractivity contribution >= 4 is 17.8 Å². The predicted octanol–water partition coefficient (Wildman–Crippen LogP) is 4.50. The van der Waals surface area contributed by atoms with E-state index in [1.807, 2.05) is 24.3 Å². The van der Waals surface area contributed by atoms with Crippen molar-refractivity contribution in [1.82, 2.24) is 5.43 Å². The van der Waals surface area contributed by atoms with Gasteiger partial charge in [-0.25, -0.2) is 5.43 Å². The van der Waals surface area contributed by atoms with Gasteiger partial charge in [0.05, 0.1) is 19.7 Å². The van der Waals surface area contributed by atoms with Gasteiger partial charge < -0.3 is 9.64 Å². The number of hydrazone groups is 1. The van der Waals surface area contributed by atoms with Crippen molar-refractivity contribution in [3.05, 3.63) is 59.2 Å². The van der Waals surface area contributed by atoms with Gasteiger partial charge in [0.25, 0.3) is 0 Å². The van der Waals surface area contributed by atoms with Crippen molar-refractivity contribution in [2.24, 2.45) is 5.10 Å². The molecule has 0 radical (unpaired) electrons. The number of methoxy groups -OCH3 is 1. The van der Waals surface area contributed by atoms with Crippen LogP contribution >= 0.6 is 0 Å². The molecule has 2 aromatic rings. The zero-order chi connectivity index (χ0) is 21.0. The molecule has 0 saturated heterocycles. The van der Waals surface area contributed by atoms with E-state index in [1.165, 1.54) is 11.3 Å². The van der Waals surface area contributed by atoms with Gasteiger partial charge in [-0.3, -0.25) is 4.79 Å². The van der Waals surface area contributed by atoms with E-state index in [2.05, 4.69) is 61.3 Å². The van der Waals surface area contributed by atoms with Gasteiger partial charge in [0.15, 0.2) is 0 Å². The van der Waals surface area contributed by atoms with Gasteiger partial charge in [-0.2, -0.15) is 5.10 Å². The van der Waals surface area contributed by atoms with Crippen LogP contribution in [0.3, 0.4) is 0 Å². The SMILES string of the molecule is CCN1c2ccc(/C=N\NC(=O)Cc3ccc(OC)cc3)cc2C(C)CC1(C)C. The monoisotopic (exact) mass is 393 g/mol. The molecule has 0 fully saturated rings. The summed E-state index contributed by atoms with van der Waals surface area (Å²) in [5.41, 5.74) is 7.35. The Bertz CT molecular complexity index is 887. The van der Waals surface area contributed by atoms with Crippen LogP contribution in [0.1, 0.15) is 56.7 Å². The lowest BCUT2D eigenvalue weighted by molar-refractivity contribution is -0.120. The fraction of sp³-hybridized carbons (Fsp3) is 0.417. The molecule has 1 aliphatic rings. The second kappa shape index (κ2) is 8.68. The first-order chi connectivity index (χ1) is 13.8. The van der Waals surface area contributed by atoms with E-state index in [9.17, 15) is 4.79 Å². The number of carbonyl (C=O) groups is 1. The molecule has 1 heterocycles. The summed E-state index contributed by atoms with van der Waals surface area (Å²) in [5, 5.41) is 4.15. The zero-order valence-corrected chi connectivity index (χ0v) is 18.0. The third-order valence-corrected chi connectivity index (χ3v) is 5.65. The highest BCUT2D eigenvalue weighted by molar-refractivity contribution is 5.84. The lowest BCUT2D eigenvalue weighted by Gasteiger charge is -2.47. The van der Waals surface area contributed by atoms with E-state index in [4.69, 9.17) is 4.74 Å². The van der Waals surface area contributed by atoms with Crippen LogP contribution in [-0.2, 0) is 11.2 Å². The van der Waals surface area contributed by atoms with E-state index in [0.29, 0.717) is 5.92 Å². The van der Waals surface area contributed by atoms with Crippen molar-refractivity contribution in [3.8, 4) is 5.75 Å². The minimum Gasteiger partial charge on any atom is -0.497 e. The summed E-state index contributed by atoms with van der Waals surface area (Å²) in [4.78, 5) is 14.6. The number of nitrogens with one attached hydrogen (secondary N) is 1. The number of fused-ring (bicyclic) bond motifs is 1. The number of hydrogen-bond donors (Lipinski definition) is 1. The topological polar surface area (TPSA) is 53.9 Å². The Morgan fingerprint density at radius 2 is 2.00 bits per heavy atom. The number of rotatable bonds is 6. The standard InChI is InChI=1S/C24H31N3O2/c1-6-27-22-12-9-19(13-21(22)17(2)15-24(27,3)4)16-25-26-23(28)14-18-7-10-20(29-5)11-8-18/h7-13,16-17H,6,14-15H2,1-5H3,(H,26,28)/b25-16-. The maximum absolute atomic E-state index is 12.1. The predicted molar refractivity (Wildman–Crippen MR) is 119 cm³/mol. The molecule has 0 saturated carbocycles. The lowest BCUT2D eigenvalue weighted by atomic mass is 9.79. The molecule has 1 atom stereocenters. The lowest BCUT2D eigenvalue weighted by Crippen LogP contribution is -2.48. The number of carbonyl (C=O) groups excluding carboxylic acids is 1. The summed E-state index contributed by atoms with van der Waals surface area (Å²) >= 11 is 0. The fourth-order valence-corrected chi connectivity index (χ4v) is 4.33. The maximum Gasteiger partial charge on any atom is 0.244 e. The molecule has 154 valence electrons. The van der Waals surface area contributed by atoms with Gasteiger partial charge in [0.2, 0.25) is 5.91 Å². The molecule has 29 heavy (non-hydrogen) atoms. The number of amides is 1. The highest BCUT2D eigenvalue weighted by Crippen LogP contribution is 2.43. The molecule has 3 rings (SSSR count). The summed E-state index contributed by atoms with van der Waals surface area (Å²) in [5.74, 6) is 1.12. The van der Waals surface area contributed by atoms with Crippen LogP contribution in [-0.4, -0.2) is 31.3 Å².